The fourth-order valence-corrected chi connectivity index (χ4v) is 4.42. The summed E-state index contributed by atoms with van der Waals surface area (Å²) in [4.78, 5) is 12.5. The van der Waals surface area contributed by atoms with Crippen molar-refractivity contribution in [2.75, 3.05) is 0 Å². The molecular weight excluding hydrogens is 324 g/mol. The minimum atomic E-state index is -0.416. The van der Waals surface area contributed by atoms with E-state index in [1.165, 1.54) is 37.2 Å². The number of carbonyl (C=O) groups excluding carboxylic acids is 1. The lowest BCUT2D eigenvalue weighted by Crippen LogP contribution is -2.68. The first kappa shape index (κ1) is 23.4. The van der Waals surface area contributed by atoms with Gasteiger partial charge in [0.15, 0.2) is 0 Å². The van der Waals surface area contributed by atoms with Gasteiger partial charge in [0.05, 0.1) is 5.54 Å². The van der Waals surface area contributed by atoms with E-state index >= 15 is 0 Å². The summed E-state index contributed by atoms with van der Waals surface area (Å²) in [5.74, 6) is 0.314. The molecule has 1 N–H and O–H groups in total. The van der Waals surface area contributed by atoms with Gasteiger partial charge in [0, 0.05) is 18.0 Å². The van der Waals surface area contributed by atoms with Gasteiger partial charge in [-0.25, -0.2) is 0 Å². The van der Waals surface area contributed by atoms with Gasteiger partial charge in [-0.1, -0.05) is 66.2 Å². The van der Waals surface area contributed by atoms with Crippen LogP contribution >= 0.6 is 0 Å². The molecule has 1 radical (unpaired) electrons. The third kappa shape index (κ3) is 5.69. The normalized spacial score (nSPS) is 32.6. The van der Waals surface area contributed by atoms with Crippen LogP contribution in [0.2, 0.25) is 0 Å². The molecule has 0 bridgehead atoms. The number of hydroxylamine groups is 2. The summed E-state index contributed by atoms with van der Waals surface area (Å²) < 4.78 is 0. The second kappa shape index (κ2) is 10.7. The third-order valence-corrected chi connectivity index (χ3v) is 7.03. The molecule has 26 heavy (non-hydrogen) atoms. The number of piperidine rings is 1. The standard InChI is InChI=1S/C22H43N2O2/c1-7-10-11-12-13-14-15-16-20(25)23-19-17-21(5,8-2)24(26)22(6,9-3)18(19)4/h18-19H,7-17H2,1-6H3,(H,23,25). The van der Waals surface area contributed by atoms with Crippen LogP contribution in [-0.4, -0.2) is 28.1 Å². The van der Waals surface area contributed by atoms with Crippen LogP contribution in [0.25, 0.3) is 0 Å². The molecular formula is C22H43N2O2. The number of nitrogens with one attached hydrogen (secondary N) is 1. The number of carbonyl (C=O) groups is 1. The van der Waals surface area contributed by atoms with E-state index in [2.05, 4.69) is 46.9 Å². The Balaban J connectivity index is 2.52. The van der Waals surface area contributed by atoms with Crippen molar-refractivity contribution in [2.45, 2.75) is 129 Å². The smallest absolute Gasteiger partial charge is 0.220 e. The molecule has 1 amide bonds. The highest BCUT2D eigenvalue weighted by molar-refractivity contribution is 5.76. The van der Waals surface area contributed by atoms with Gasteiger partial charge >= 0.3 is 0 Å². The average Bonchev–Trinajstić information content (AvgIpc) is 2.63. The summed E-state index contributed by atoms with van der Waals surface area (Å²) in [7, 11) is 0. The monoisotopic (exact) mass is 367 g/mol. The van der Waals surface area contributed by atoms with Crippen LogP contribution in [0.4, 0.5) is 0 Å². The zero-order chi connectivity index (χ0) is 19.8. The van der Waals surface area contributed by atoms with Crippen LogP contribution in [0.3, 0.4) is 0 Å². The molecule has 0 aliphatic carbocycles. The van der Waals surface area contributed by atoms with Crippen LogP contribution in [0, 0.1) is 5.92 Å². The molecule has 1 aliphatic rings. The molecule has 1 fully saturated rings. The van der Waals surface area contributed by atoms with E-state index in [9.17, 15) is 10.0 Å². The van der Waals surface area contributed by atoms with Crippen molar-refractivity contribution in [3.05, 3.63) is 0 Å². The predicted octanol–water partition coefficient (Wildman–Crippen LogP) is 5.64. The van der Waals surface area contributed by atoms with Crippen LogP contribution in [0.1, 0.15) is 112 Å². The van der Waals surface area contributed by atoms with Crippen molar-refractivity contribution in [2.24, 2.45) is 5.92 Å². The molecule has 4 atom stereocenters. The molecule has 0 aromatic heterocycles. The van der Waals surface area contributed by atoms with Gasteiger partial charge in [-0.05, 0) is 45.4 Å². The first-order chi connectivity index (χ1) is 12.2. The van der Waals surface area contributed by atoms with Gasteiger partial charge in [-0.2, -0.15) is 0 Å². The Kier molecular flexibility index (Phi) is 9.60. The highest BCUT2D eigenvalue weighted by Gasteiger charge is 2.53. The second-order valence-electron chi connectivity index (χ2n) is 8.89. The maximum absolute atomic E-state index is 13.0. The molecule has 1 saturated heterocycles. The van der Waals surface area contributed by atoms with Gasteiger partial charge in [0.1, 0.15) is 0 Å². The summed E-state index contributed by atoms with van der Waals surface area (Å²) in [5.41, 5.74) is -0.811. The molecule has 1 aliphatic heterocycles. The summed E-state index contributed by atoms with van der Waals surface area (Å²) in [6.45, 7) is 12.6. The number of hydrogen-bond donors (Lipinski definition) is 1. The van der Waals surface area contributed by atoms with Crippen molar-refractivity contribution in [1.29, 1.82) is 0 Å². The summed E-state index contributed by atoms with van der Waals surface area (Å²) in [6.07, 6.45) is 11.5. The van der Waals surface area contributed by atoms with Crippen LogP contribution < -0.4 is 5.32 Å². The van der Waals surface area contributed by atoms with Gasteiger partial charge in [-0.3, -0.25) is 4.79 Å². The average molecular weight is 368 g/mol. The Labute approximate surface area is 162 Å². The predicted molar refractivity (Wildman–Crippen MR) is 108 cm³/mol. The lowest BCUT2D eigenvalue weighted by atomic mass is 9.68. The minimum Gasteiger partial charge on any atom is -0.353 e. The highest BCUT2D eigenvalue weighted by atomic mass is 16.5. The van der Waals surface area contributed by atoms with Gasteiger partial charge in [0.25, 0.3) is 0 Å². The number of rotatable bonds is 11. The maximum Gasteiger partial charge on any atom is 0.220 e. The Morgan fingerprint density at radius 2 is 1.58 bits per heavy atom. The molecule has 0 saturated carbocycles. The topological polar surface area (TPSA) is 52.2 Å². The van der Waals surface area contributed by atoms with Crippen LogP contribution in [0.15, 0.2) is 0 Å². The fraction of sp³-hybridized carbons (Fsp3) is 0.955. The van der Waals surface area contributed by atoms with Gasteiger partial charge in [0.2, 0.25) is 5.91 Å². The van der Waals surface area contributed by atoms with E-state index < -0.39 is 11.1 Å². The first-order valence-electron chi connectivity index (χ1n) is 11.0. The van der Waals surface area contributed by atoms with Crippen molar-refractivity contribution < 1.29 is 10.0 Å². The van der Waals surface area contributed by atoms with E-state index in [0.29, 0.717) is 6.42 Å². The Hall–Kier alpha value is -0.610. The second-order valence-corrected chi connectivity index (χ2v) is 8.89. The fourth-order valence-electron chi connectivity index (χ4n) is 4.42. The largest absolute Gasteiger partial charge is 0.353 e. The minimum absolute atomic E-state index is 0.0900. The first-order valence-corrected chi connectivity index (χ1v) is 11.0. The van der Waals surface area contributed by atoms with E-state index in [-0.39, 0.29) is 17.9 Å². The van der Waals surface area contributed by atoms with E-state index in [1.54, 1.807) is 0 Å². The number of amides is 1. The molecule has 0 aromatic carbocycles. The lowest BCUT2D eigenvalue weighted by molar-refractivity contribution is -0.313. The number of nitrogens with zero attached hydrogens (tertiary/aromatic N) is 1. The number of unbranched alkanes of at least 4 members (excludes halogenated alkanes) is 6. The molecule has 4 heteroatoms. The third-order valence-electron chi connectivity index (χ3n) is 7.03. The quantitative estimate of drug-likeness (QED) is 0.481. The van der Waals surface area contributed by atoms with Gasteiger partial charge in [-0.15, -0.1) is 10.3 Å². The summed E-state index contributed by atoms with van der Waals surface area (Å²) >= 11 is 0. The Bertz CT molecular complexity index is 428. The summed E-state index contributed by atoms with van der Waals surface area (Å²) in [5, 5.41) is 17.6. The van der Waals surface area contributed by atoms with Crippen LogP contribution in [0.5, 0.6) is 0 Å². The van der Waals surface area contributed by atoms with Crippen molar-refractivity contribution in [1.82, 2.24) is 10.4 Å². The highest BCUT2D eigenvalue weighted by Crippen LogP contribution is 2.44. The zero-order valence-electron chi connectivity index (χ0n) is 18.2. The molecule has 4 unspecified atom stereocenters. The number of hydrogen-bond acceptors (Lipinski definition) is 2. The van der Waals surface area contributed by atoms with Crippen molar-refractivity contribution in [3.63, 3.8) is 0 Å². The Morgan fingerprint density at radius 1 is 1.00 bits per heavy atom. The van der Waals surface area contributed by atoms with Crippen molar-refractivity contribution in [3.8, 4) is 0 Å². The molecule has 1 heterocycles. The molecule has 0 spiro atoms. The maximum atomic E-state index is 13.0. The van der Waals surface area contributed by atoms with Crippen molar-refractivity contribution >= 4 is 5.91 Å². The molecule has 153 valence electrons. The molecule has 4 nitrogen and oxygen atoms in total. The lowest BCUT2D eigenvalue weighted by Gasteiger charge is -2.56. The SMILES string of the molecule is CCCCCCCCCC(=O)NC1CC(C)(CC)N([O])C(C)(CC)C1C. The summed E-state index contributed by atoms with van der Waals surface area (Å²) in [6, 6.07) is 0.0900. The van der Waals surface area contributed by atoms with E-state index in [1.807, 2.05) is 0 Å². The molecule has 0 aromatic rings. The van der Waals surface area contributed by atoms with E-state index in [4.69, 9.17) is 0 Å². The Morgan fingerprint density at radius 3 is 2.12 bits per heavy atom. The van der Waals surface area contributed by atoms with Crippen LogP contribution in [-0.2, 0) is 10.0 Å². The van der Waals surface area contributed by atoms with E-state index in [0.717, 1.165) is 32.1 Å². The zero-order valence-corrected chi connectivity index (χ0v) is 18.2. The van der Waals surface area contributed by atoms with Gasteiger partial charge < -0.3 is 5.32 Å². The molecule has 1 rings (SSSR count).